The van der Waals surface area contributed by atoms with Crippen LogP contribution in [0.25, 0.3) is 0 Å². The van der Waals surface area contributed by atoms with Crippen molar-refractivity contribution < 1.29 is 94.1 Å². The third-order valence-corrected chi connectivity index (χ3v) is 19.4. The molecule has 4 saturated carbocycles. The molecule has 3 heterocycles. The van der Waals surface area contributed by atoms with Gasteiger partial charge < -0.3 is 89.3 Å². The molecule has 0 amide bonds. The van der Waals surface area contributed by atoms with Crippen molar-refractivity contribution in [1.82, 2.24) is 0 Å². The number of hydrogen-bond donors (Lipinski definition) is 11. The Hall–Kier alpha value is -1.47. The van der Waals surface area contributed by atoms with Gasteiger partial charge in [-0.05, 0) is 130 Å². The minimum Gasteiger partial charge on any atom is -0.463 e. The molecule has 0 unspecified atom stereocenters. The van der Waals surface area contributed by atoms with E-state index in [1.165, 1.54) is 6.92 Å². The summed E-state index contributed by atoms with van der Waals surface area (Å²) in [6.07, 6.45) is -14.9. The fraction of sp³-hybridized carbons (Fsp3) is 0.941. The monoisotopic (exact) mass is 1000 g/mol. The topological polar surface area (TPSA) is 304 Å². The molecular weight excluding hydrogens is 917 g/mol. The average molecular weight is 1000 g/mol. The lowest BCUT2D eigenvalue weighted by molar-refractivity contribution is -0.378. The molecule has 0 spiro atoms. The second kappa shape index (κ2) is 21.3. The van der Waals surface area contributed by atoms with Crippen molar-refractivity contribution >= 4 is 5.97 Å². The van der Waals surface area contributed by atoms with E-state index in [0.717, 1.165) is 37.7 Å². The molecule has 3 aliphatic heterocycles. The predicted molar refractivity (Wildman–Crippen MR) is 248 cm³/mol. The molecule has 0 aromatic carbocycles. The lowest BCUT2D eigenvalue weighted by Crippen LogP contribution is -2.68. The number of rotatable bonds is 15. The van der Waals surface area contributed by atoms with Crippen LogP contribution in [0.15, 0.2) is 11.6 Å². The summed E-state index contributed by atoms with van der Waals surface area (Å²) in [7, 11) is 0. The van der Waals surface area contributed by atoms with Gasteiger partial charge in [0.05, 0.1) is 31.0 Å². The van der Waals surface area contributed by atoms with E-state index in [0.29, 0.717) is 32.1 Å². The number of aliphatic hydroxyl groups excluding tert-OH is 11. The van der Waals surface area contributed by atoms with Gasteiger partial charge in [-0.3, -0.25) is 4.79 Å². The Labute approximate surface area is 412 Å². The Morgan fingerprint density at radius 3 is 1.86 bits per heavy atom. The number of hydrogen-bond acceptors (Lipinski definition) is 19. The van der Waals surface area contributed by atoms with Gasteiger partial charge in [-0.2, -0.15) is 0 Å². The molecule has 7 rings (SSSR count). The van der Waals surface area contributed by atoms with Crippen LogP contribution in [0.1, 0.15) is 127 Å². The Bertz CT molecular complexity index is 1810. The third-order valence-electron chi connectivity index (χ3n) is 19.4. The predicted octanol–water partition coefficient (Wildman–Crippen LogP) is 0.934. The maximum Gasteiger partial charge on any atom is 0.302 e. The van der Waals surface area contributed by atoms with E-state index in [-0.39, 0.29) is 39.9 Å². The second-order valence-corrected chi connectivity index (χ2v) is 23.6. The van der Waals surface area contributed by atoms with Gasteiger partial charge in [0, 0.05) is 6.92 Å². The summed E-state index contributed by atoms with van der Waals surface area (Å²) in [5.41, 5.74) is -1.17. The van der Waals surface area contributed by atoms with Crippen LogP contribution in [0.4, 0.5) is 0 Å². The minimum absolute atomic E-state index is 0.0672. The molecule has 25 atom stereocenters. The van der Waals surface area contributed by atoms with Crippen molar-refractivity contribution in [2.45, 2.75) is 236 Å². The molecule has 7 fully saturated rings. The number of fused-ring (bicyclic) bond motifs is 5. The number of ether oxygens (including phenoxy) is 7. The zero-order valence-corrected chi connectivity index (χ0v) is 42.6. The molecule has 19 heteroatoms. The first kappa shape index (κ1) is 56.3. The zero-order valence-electron chi connectivity index (χ0n) is 42.6. The first-order chi connectivity index (χ1) is 32.8. The summed E-state index contributed by atoms with van der Waals surface area (Å²) in [6, 6.07) is 0. The lowest BCUT2D eigenvalue weighted by atomic mass is 9.34. The largest absolute Gasteiger partial charge is 0.463 e. The SMILES string of the molecule is CC[C@@]12CC[C@H]3C(C)(C)[C@@H](O[C@@H]4O[C@H](COC(C)=O)[C@@H](O)[C@H](O)[C@H]4O[C@@H]4O[C@H](CO)[C@@H](O)[C@H](O)[C@H]4O)CC[C@]3(C)[C@H]1C[C@@H](O)[C@@H]1[C@@H]([C@](C)(CCC=C(C)C)O[C@@H]3O[C@H](CO)[C@@H](O)[C@H](O)[C@H]3O)CC[C@]12C. The van der Waals surface area contributed by atoms with E-state index in [9.17, 15) is 61.0 Å². The summed E-state index contributed by atoms with van der Waals surface area (Å²) in [6.45, 7) is 16.8. The fourth-order valence-electron chi connectivity index (χ4n) is 15.6. The molecule has 3 saturated heterocycles. The Morgan fingerprint density at radius 2 is 1.27 bits per heavy atom. The van der Waals surface area contributed by atoms with Crippen molar-refractivity contribution in [2.75, 3.05) is 19.8 Å². The van der Waals surface area contributed by atoms with Gasteiger partial charge in [0.1, 0.15) is 79.9 Å². The summed E-state index contributed by atoms with van der Waals surface area (Å²) in [5.74, 6) is -0.832. The highest BCUT2D eigenvalue weighted by molar-refractivity contribution is 5.65. The molecule has 19 nitrogen and oxygen atoms in total. The Morgan fingerprint density at radius 1 is 0.686 bits per heavy atom. The van der Waals surface area contributed by atoms with Crippen LogP contribution < -0.4 is 0 Å². The molecule has 0 aromatic heterocycles. The molecule has 0 aromatic rings. The molecular formula is C51H86O19. The van der Waals surface area contributed by atoms with Crippen molar-refractivity contribution in [3.05, 3.63) is 11.6 Å². The van der Waals surface area contributed by atoms with E-state index in [1.54, 1.807) is 0 Å². The van der Waals surface area contributed by atoms with Gasteiger partial charge in [0.2, 0.25) is 0 Å². The molecule has 7 aliphatic rings. The van der Waals surface area contributed by atoms with Gasteiger partial charge in [0.25, 0.3) is 0 Å². The standard InChI is InChI=1S/C51H86O19/c1-10-51-19-14-31-47(5,6)33(68-46-43(40(61)37(58)30(67-46)23-64-25(4)54)69-44-41(62)38(59)35(56)28(21-52)65-44)15-17-48(31,7)32(51)20-27(55)34-26(13-18-49(34,51)8)50(9,16-11-12-24(2)3)70-45-42(63)39(60)36(57)29(22-53)66-45/h12,26-46,52-53,55-63H,10-11,13-23H2,1-9H3/t26-,27+,28+,29+,30+,31-,32+,33-,34-,35+,36+,37+,38-,39-,40-,41+,42+,43+,44-,45-,46-,48-,49+,50-,51+/m0/s1. The van der Waals surface area contributed by atoms with Crippen LogP contribution in [0.5, 0.6) is 0 Å². The van der Waals surface area contributed by atoms with E-state index in [4.69, 9.17) is 33.2 Å². The van der Waals surface area contributed by atoms with Crippen molar-refractivity contribution in [3.63, 3.8) is 0 Å². The number of carbonyl (C=O) groups is 1. The minimum atomic E-state index is -1.82. The van der Waals surface area contributed by atoms with Crippen LogP contribution in [0.2, 0.25) is 0 Å². The van der Waals surface area contributed by atoms with Gasteiger partial charge >= 0.3 is 5.97 Å². The summed E-state index contributed by atoms with van der Waals surface area (Å²) >= 11 is 0. The molecule has 4 aliphatic carbocycles. The van der Waals surface area contributed by atoms with Crippen LogP contribution >= 0.6 is 0 Å². The van der Waals surface area contributed by atoms with Crippen LogP contribution in [-0.2, 0) is 38.0 Å². The average Bonchev–Trinajstić information content (AvgIpc) is 3.69. The first-order valence-electron chi connectivity index (χ1n) is 25.8. The highest BCUT2D eigenvalue weighted by atomic mass is 16.8. The lowest BCUT2D eigenvalue weighted by Gasteiger charge is -2.71. The fourth-order valence-corrected chi connectivity index (χ4v) is 15.6. The second-order valence-electron chi connectivity index (χ2n) is 23.6. The van der Waals surface area contributed by atoms with Crippen LogP contribution in [0, 0.1) is 45.3 Å². The van der Waals surface area contributed by atoms with Gasteiger partial charge in [-0.15, -0.1) is 0 Å². The normalized spacial score (nSPS) is 50.0. The number of aliphatic hydroxyl groups is 11. The van der Waals surface area contributed by atoms with Crippen molar-refractivity contribution in [2.24, 2.45) is 45.3 Å². The van der Waals surface area contributed by atoms with E-state index in [2.05, 4.69) is 40.7 Å². The Balaban J connectivity index is 1.16. The number of carbonyl (C=O) groups excluding carboxylic acids is 1. The van der Waals surface area contributed by atoms with Crippen molar-refractivity contribution in [3.8, 4) is 0 Å². The first-order valence-corrected chi connectivity index (χ1v) is 25.8. The molecule has 404 valence electrons. The number of esters is 1. The van der Waals surface area contributed by atoms with E-state index in [1.807, 2.05) is 20.8 Å². The van der Waals surface area contributed by atoms with E-state index >= 15 is 0 Å². The maximum atomic E-state index is 12.8. The van der Waals surface area contributed by atoms with Gasteiger partial charge in [-0.1, -0.05) is 46.3 Å². The van der Waals surface area contributed by atoms with Crippen LogP contribution in [0.3, 0.4) is 0 Å². The molecule has 70 heavy (non-hydrogen) atoms. The van der Waals surface area contributed by atoms with Crippen LogP contribution in [-0.4, -0.2) is 192 Å². The molecule has 0 radical (unpaired) electrons. The van der Waals surface area contributed by atoms with E-state index < -0.39 is 141 Å². The number of allylic oxidation sites excluding steroid dienone is 2. The molecule has 11 N–H and O–H groups in total. The Kier molecular flexibility index (Phi) is 17.1. The highest BCUT2D eigenvalue weighted by Gasteiger charge is 2.73. The quantitative estimate of drug-likeness (QED) is 0.0618. The third kappa shape index (κ3) is 9.71. The maximum absolute atomic E-state index is 12.8. The highest BCUT2D eigenvalue weighted by Crippen LogP contribution is 2.77. The summed E-state index contributed by atoms with van der Waals surface area (Å²) in [5, 5.41) is 120. The smallest absolute Gasteiger partial charge is 0.302 e. The summed E-state index contributed by atoms with van der Waals surface area (Å²) < 4.78 is 42.9. The zero-order chi connectivity index (χ0) is 51.6. The summed E-state index contributed by atoms with van der Waals surface area (Å²) in [4.78, 5) is 11.8. The molecule has 0 bridgehead atoms. The van der Waals surface area contributed by atoms with Crippen molar-refractivity contribution in [1.29, 1.82) is 0 Å². The van der Waals surface area contributed by atoms with Gasteiger partial charge in [-0.25, -0.2) is 0 Å². The van der Waals surface area contributed by atoms with Gasteiger partial charge in [0.15, 0.2) is 18.9 Å².